The summed E-state index contributed by atoms with van der Waals surface area (Å²) in [5, 5.41) is 0. The molecule has 9 atom stereocenters. The van der Waals surface area contributed by atoms with Crippen LogP contribution in [0.1, 0.15) is 65.7 Å². The second-order valence-electron chi connectivity index (χ2n) is 9.53. The van der Waals surface area contributed by atoms with E-state index < -0.39 is 12.2 Å². The summed E-state index contributed by atoms with van der Waals surface area (Å²) in [5.41, 5.74) is 0. The van der Waals surface area contributed by atoms with E-state index in [0.29, 0.717) is 18.8 Å². The Morgan fingerprint density at radius 1 is 0.806 bits per heavy atom. The fourth-order valence-electron chi connectivity index (χ4n) is 5.50. The van der Waals surface area contributed by atoms with Crippen LogP contribution in [-0.2, 0) is 38.0 Å². The highest BCUT2D eigenvalue weighted by molar-refractivity contribution is 5.66. The zero-order valence-electron chi connectivity index (χ0n) is 18.8. The van der Waals surface area contributed by atoms with Gasteiger partial charge in [0.2, 0.25) is 0 Å². The van der Waals surface area contributed by atoms with Crippen molar-refractivity contribution >= 4 is 11.9 Å². The summed E-state index contributed by atoms with van der Waals surface area (Å²) in [6, 6.07) is 0. The average Bonchev–Trinajstić information content (AvgIpc) is 2.85. The van der Waals surface area contributed by atoms with Gasteiger partial charge in [-0.1, -0.05) is 6.92 Å². The second kappa shape index (κ2) is 10.1. The maximum atomic E-state index is 11.6. The van der Waals surface area contributed by atoms with Crippen molar-refractivity contribution in [1.29, 1.82) is 0 Å². The summed E-state index contributed by atoms with van der Waals surface area (Å²) in [7, 11) is 0. The van der Waals surface area contributed by atoms with E-state index in [2.05, 4.69) is 6.92 Å². The summed E-state index contributed by atoms with van der Waals surface area (Å²) in [4.78, 5) is 23.0. The van der Waals surface area contributed by atoms with Crippen molar-refractivity contribution in [2.24, 2.45) is 5.92 Å². The smallest absolute Gasteiger partial charge is 0.302 e. The predicted molar refractivity (Wildman–Crippen MR) is 109 cm³/mol. The Bertz CT molecular complexity index is 639. The number of carbonyl (C=O) groups excluding carboxylic acids is 2. The standard InChI is InChI=1S/C23H36O8/c1-13-9-19-16(5-4-8-26-19)29-22-11-21-17(30-20(22)10-13)6-7-18(28-15(3)25)23(31-21)12-27-14(2)24/h13,16-23H,4-12H2,1-3H3/t13-,16-,17+,18-,19+,20-,21-,22+,23+/m0/s1. The molecule has 4 rings (SSSR count). The molecule has 0 aromatic carbocycles. The van der Waals surface area contributed by atoms with Crippen LogP contribution in [0.5, 0.6) is 0 Å². The Labute approximate surface area is 184 Å². The van der Waals surface area contributed by atoms with E-state index in [1.165, 1.54) is 13.8 Å². The Morgan fingerprint density at radius 3 is 2.23 bits per heavy atom. The average molecular weight is 441 g/mol. The quantitative estimate of drug-likeness (QED) is 0.619. The molecule has 0 bridgehead atoms. The predicted octanol–water partition coefficient (Wildman–Crippen LogP) is 2.55. The number of ether oxygens (including phenoxy) is 6. The Kier molecular flexibility index (Phi) is 7.52. The molecule has 0 amide bonds. The molecule has 176 valence electrons. The molecule has 4 fully saturated rings. The van der Waals surface area contributed by atoms with E-state index >= 15 is 0 Å². The number of rotatable bonds is 3. The van der Waals surface area contributed by atoms with Gasteiger partial charge in [-0.2, -0.15) is 0 Å². The minimum Gasteiger partial charge on any atom is -0.463 e. The van der Waals surface area contributed by atoms with Crippen LogP contribution in [0.3, 0.4) is 0 Å². The summed E-state index contributed by atoms with van der Waals surface area (Å²) >= 11 is 0. The minimum atomic E-state index is -0.513. The molecule has 8 nitrogen and oxygen atoms in total. The largest absolute Gasteiger partial charge is 0.463 e. The normalized spacial score (nSPS) is 43.1. The van der Waals surface area contributed by atoms with Crippen molar-refractivity contribution in [3.05, 3.63) is 0 Å². The second-order valence-corrected chi connectivity index (χ2v) is 9.53. The van der Waals surface area contributed by atoms with E-state index in [0.717, 1.165) is 38.7 Å². The number of hydrogen-bond donors (Lipinski definition) is 0. The lowest BCUT2D eigenvalue weighted by Gasteiger charge is -2.46. The Balaban J connectivity index is 1.48. The van der Waals surface area contributed by atoms with E-state index in [-0.39, 0.29) is 55.2 Å². The first-order chi connectivity index (χ1) is 14.9. The lowest BCUT2D eigenvalue weighted by atomic mass is 9.85. The molecular formula is C23H36O8. The minimum absolute atomic E-state index is 0.0277. The molecule has 0 radical (unpaired) electrons. The summed E-state index contributed by atoms with van der Waals surface area (Å²) in [5.74, 6) is -0.253. The van der Waals surface area contributed by atoms with Crippen LogP contribution in [0, 0.1) is 5.92 Å². The lowest BCUT2D eigenvalue weighted by Crippen LogP contribution is -2.54. The van der Waals surface area contributed by atoms with Crippen molar-refractivity contribution in [3.63, 3.8) is 0 Å². The lowest BCUT2D eigenvalue weighted by molar-refractivity contribution is -0.245. The molecule has 8 heteroatoms. The van der Waals surface area contributed by atoms with Crippen LogP contribution in [-0.4, -0.2) is 74.0 Å². The first kappa shape index (κ1) is 23.0. The van der Waals surface area contributed by atoms with Crippen LogP contribution >= 0.6 is 0 Å². The fraction of sp³-hybridized carbons (Fsp3) is 0.913. The summed E-state index contributed by atoms with van der Waals surface area (Å²) < 4.78 is 36.2. The maximum absolute atomic E-state index is 11.6. The molecule has 0 saturated carbocycles. The van der Waals surface area contributed by atoms with Gasteiger partial charge in [-0.25, -0.2) is 0 Å². The van der Waals surface area contributed by atoms with Gasteiger partial charge in [-0.3, -0.25) is 9.59 Å². The van der Waals surface area contributed by atoms with Crippen molar-refractivity contribution in [1.82, 2.24) is 0 Å². The van der Waals surface area contributed by atoms with Crippen LogP contribution in [0.25, 0.3) is 0 Å². The van der Waals surface area contributed by atoms with E-state index in [1.807, 2.05) is 0 Å². The molecule has 0 unspecified atom stereocenters. The van der Waals surface area contributed by atoms with Crippen LogP contribution in [0.15, 0.2) is 0 Å². The highest BCUT2D eigenvalue weighted by atomic mass is 16.6. The molecule has 4 aliphatic heterocycles. The molecule has 0 N–H and O–H groups in total. The number of esters is 2. The third kappa shape index (κ3) is 5.78. The Morgan fingerprint density at radius 2 is 1.48 bits per heavy atom. The highest BCUT2D eigenvalue weighted by Crippen LogP contribution is 2.39. The number of hydrogen-bond acceptors (Lipinski definition) is 8. The summed E-state index contributed by atoms with van der Waals surface area (Å²) in [6.07, 6.45) is 4.99. The van der Waals surface area contributed by atoms with Crippen molar-refractivity contribution in [2.45, 2.75) is 115 Å². The van der Waals surface area contributed by atoms with Gasteiger partial charge in [-0.05, 0) is 44.4 Å². The molecule has 0 aliphatic carbocycles. The van der Waals surface area contributed by atoms with Gasteiger partial charge in [0.05, 0.1) is 36.6 Å². The molecule has 0 aromatic heterocycles. The van der Waals surface area contributed by atoms with Crippen molar-refractivity contribution in [2.75, 3.05) is 13.2 Å². The molecule has 4 saturated heterocycles. The van der Waals surface area contributed by atoms with E-state index in [1.54, 1.807) is 0 Å². The van der Waals surface area contributed by atoms with Crippen molar-refractivity contribution < 1.29 is 38.0 Å². The van der Waals surface area contributed by atoms with Crippen LogP contribution < -0.4 is 0 Å². The fourth-order valence-corrected chi connectivity index (χ4v) is 5.50. The molecule has 4 heterocycles. The molecule has 0 aromatic rings. The van der Waals surface area contributed by atoms with Crippen LogP contribution in [0.2, 0.25) is 0 Å². The van der Waals surface area contributed by atoms with Gasteiger partial charge in [0, 0.05) is 26.9 Å². The zero-order chi connectivity index (χ0) is 22.0. The van der Waals surface area contributed by atoms with E-state index in [4.69, 9.17) is 28.4 Å². The first-order valence-electron chi connectivity index (χ1n) is 11.8. The van der Waals surface area contributed by atoms with Gasteiger partial charge in [-0.15, -0.1) is 0 Å². The van der Waals surface area contributed by atoms with Gasteiger partial charge in [0.25, 0.3) is 0 Å². The third-order valence-electron chi connectivity index (χ3n) is 6.91. The van der Waals surface area contributed by atoms with Crippen LogP contribution in [0.4, 0.5) is 0 Å². The van der Waals surface area contributed by atoms with Gasteiger partial charge >= 0.3 is 11.9 Å². The highest BCUT2D eigenvalue weighted by Gasteiger charge is 2.47. The monoisotopic (exact) mass is 440 g/mol. The maximum Gasteiger partial charge on any atom is 0.302 e. The molecule has 0 spiro atoms. The van der Waals surface area contributed by atoms with Crippen molar-refractivity contribution in [3.8, 4) is 0 Å². The molecule has 4 aliphatic rings. The molecular weight excluding hydrogens is 404 g/mol. The number of carbonyl (C=O) groups is 2. The topological polar surface area (TPSA) is 89.5 Å². The number of fused-ring (bicyclic) bond motifs is 3. The summed E-state index contributed by atoms with van der Waals surface area (Å²) in [6.45, 7) is 5.88. The van der Waals surface area contributed by atoms with Gasteiger partial charge in [0.15, 0.2) is 0 Å². The third-order valence-corrected chi connectivity index (χ3v) is 6.91. The molecule has 31 heavy (non-hydrogen) atoms. The van der Waals surface area contributed by atoms with Gasteiger partial charge < -0.3 is 28.4 Å². The zero-order valence-corrected chi connectivity index (χ0v) is 18.8. The first-order valence-corrected chi connectivity index (χ1v) is 11.8. The Hall–Kier alpha value is -1.22. The SMILES string of the molecule is CC(=O)OC[C@H]1O[C@H]2C[C@H]3O[C@H]4CCCO[C@@H]4C[C@H](C)C[C@@H]3O[C@@H]2CC[C@@H]1OC(C)=O. The van der Waals surface area contributed by atoms with Gasteiger partial charge in [0.1, 0.15) is 18.8 Å². The van der Waals surface area contributed by atoms with E-state index in [9.17, 15) is 9.59 Å².